The number of carboxylic acids is 1. The van der Waals surface area contributed by atoms with E-state index in [4.69, 9.17) is 9.84 Å². The highest BCUT2D eigenvalue weighted by atomic mass is 32.1. The lowest BCUT2D eigenvalue weighted by Gasteiger charge is -2.15. The number of amides is 1. The second kappa shape index (κ2) is 6.71. The Morgan fingerprint density at radius 1 is 1.19 bits per heavy atom. The van der Waals surface area contributed by atoms with Crippen molar-refractivity contribution in [3.05, 3.63) is 16.0 Å². The van der Waals surface area contributed by atoms with Gasteiger partial charge in [-0.3, -0.25) is 9.59 Å². The first-order chi connectivity index (χ1) is 9.70. The lowest BCUT2D eigenvalue weighted by molar-refractivity contribution is -0.145. The number of nitrogens with one attached hydrogen (secondary N) is 1. The molecule has 0 bridgehead atoms. The van der Waals surface area contributed by atoms with Crippen molar-refractivity contribution < 1.29 is 24.2 Å². The van der Waals surface area contributed by atoms with Crippen LogP contribution in [0.4, 0.5) is 5.00 Å². The smallest absolute Gasteiger partial charge is 0.341 e. The normalized spacial score (nSPS) is 13.4. The molecule has 0 aliphatic rings. The maximum atomic E-state index is 12.1. The Bertz CT molecular complexity index is 578. The molecule has 2 atom stereocenters. The lowest BCUT2D eigenvalue weighted by atomic mass is 9.95. The van der Waals surface area contributed by atoms with E-state index >= 15 is 0 Å². The van der Waals surface area contributed by atoms with E-state index in [9.17, 15) is 14.4 Å². The molecule has 6 nitrogen and oxygen atoms in total. The summed E-state index contributed by atoms with van der Waals surface area (Å²) in [5.74, 6) is -3.52. The summed E-state index contributed by atoms with van der Waals surface area (Å²) in [5, 5.41) is 12.0. The summed E-state index contributed by atoms with van der Waals surface area (Å²) < 4.78 is 4.72. The molecule has 21 heavy (non-hydrogen) atoms. The van der Waals surface area contributed by atoms with Crippen LogP contribution in [0, 0.1) is 25.7 Å². The molecule has 1 aromatic rings. The Balaban J connectivity index is 3.03. The minimum atomic E-state index is -1.04. The molecule has 0 saturated heterocycles. The van der Waals surface area contributed by atoms with Crippen molar-refractivity contribution in [2.75, 3.05) is 12.4 Å². The molecule has 0 aliphatic heterocycles. The van der Waals surface area contributed by atoms with Crippen molar-refractivity contribution >= 4 is 34.2 Å². The summed E-state index contributed by atoms with van der Waals surface area (Å²) >= 11 is 1.27. The number of aryl methyl sites for hydroxylation is 1. The average molecular weight is 313 g/mol. The minimum Gasteiger partial charge on any atom is -0.481 e. The number of hydrogen-bond donors (Lipinski definition) is 2. The van der Waals surface area contributed by atoms with Crippen LogP contribution in [0.25, 0.3) is 0 Å². The van der Waals surface area contributed by atoms with Gasteiger partial charge in [-0.25, -0.2) is 4.79 Å². The number of hydrogen-bond acceptors (Lipinski definition) is 5. The van der Waals surface area contributed by atoms with E-state index in [1.807, 2.05) is 6.92 Å². The molecule has 1 rings (SSSR count). The van der Waals surface area contributed by atoms with Gasteiger partial charge >= 0.3 is 11.9 Å². The van der Waals surface area contributed by atoms with Crippen LogP contribution in [-0.2, 0) is 14.3 Å². The third kappa shape index (κ3) is 3.60. The highest BCUT2D eigenvalue weighted by molar-refractivity contribution is 7.16. The molecule has 0 aromatic carbocycles. The molecule has 0 fully saturated rings. The predicted octanol–water partition coefficient (Wildman–Crippen LogP) is 2.45. The standard InChI is InChI=1S/C14H19NO5S/c1-6(7(2)13(17)18)11(16)15-12-10(14(19)20-5)8(3)9(4)21-12/h6-7H,1-5H3,(H,15,16)(H,17,18). The van der Waals surface area contributed by atoms with E-state index in [0.29, 0.717) is 10.6 Å². The van der Waals surface area contributed by atoms with Crippen molar-refractivity contribution in [3.63, 3.8) is 0 Å². The van der Waals surface area contributed by atoms with Crippen LogP contribution in [0.15, 0.2) is 0 Å². The van der Waals surface area contributed by atoms with Crippen molar-refractivity contribution in [2.45, 2.75) is 27.7 Å². The van der Waals surface area contributed by atoms with Crippen molar-refractivity contribution in [2.24, 2.45) is 11.8 Å². The molecule has 7 heteroatoms. The highest BCUT2D eigenvalue weighted by Gasteiger charge is 2.28. The number of anilines is 1. The molecule has 1 amide bonds. The zero-order valence-electron chi connectivity index (χ0n) is 12.6. The topological polar surface area (TPSA) is 92.7 Å². The van der Waals surface area contributed by atoms with Gasteiger partial charge in [0, 0.05) is 10.8 Å². The molecule has 0 radical (unpaired) electrons. The molecular formula is C14H19NO5S. The van der Waals surface area contributed by atoms with Gasteiger partial charge in [0.15, 0.2) is 0 Å². The summed E-state index contributed by atoms with van der Waals surface area (Å²) in [4.78, 5) is 35.7. The van der Waals surface area contributed by atoms with Gasteiger partial charge in [0.05, 0.1) is 18.6 Å². The first-order valence-corrected chi connectivity index (χ1v) is 7.24. The summed E-state index contributed by atoms with van der Waals surface area (Å²) in [6, 6.07) is 0. The van der Waals surface area contributed by atoms with E-state index in [1.54, 1.807) is 13.8 Å². The van der Waals surface area contributed by atoms with Gasteiger partial charge in [-0.1, -0.05) is 13.8 Å². The van der Waals surface area contributed by atoms with Gasteiger partial charge in [-0.05, 0) is 19.4 Å². The zero-order valence-corrected chi connectivity index (χ0v) is 13.5. The minimum absolute atomic E-state index is 0.323. The Labute approximate surface area is 127 Å². The molecule has 2 N–H and O–H groups in total. The predicted molar refractivity (Wildman–Crippen MR) is 79.7 cm³/mol. The van der Waals surface area contributed by atoms with Gasteiger partial charge in [0.25, 0.3) is 0 Å². The zero-order chi connectivity index (χ0) is 16.3. The Morgan fingerprint density at radius 2 is 1.76 bits per heavy atom. The Morgan fingerprint density at radius 3 is 2.24 bits per heavy atom. The average Bonchev–Trinajstić information content (AvgIpc) is 2.71. The summed E-state index contributed by atoms with van der Waals surface area (Å²) in [6.07, 6.45) is 0. The fraction of sp³-hybridized carbons (Fsp3) is 0.500. The number of thiophene rings is 1. The van der Waals surface area contributed by atoms with E-state index in [1.165, 1.54) is 25.4 Å². The monoisotopic (exact) mass is 313 g/mol. The van der Waals surface area contributed by atoms with Gasteiger partial charge in [-0.15, -0.1) is 11.3 Å². The molecule has 116 valence electrons. The number of carboxylic acid groups (broad SMARTS) is 1. The van der Waals surface area contributed by atoms with Crippen molar-refractivity contribution in [1.29, 1.82) is 0 Å². The maximum Gasteiger partial charge on any atom is 0.341 e. The van der Waals surface area contributed by atoms with E-state index < -0.39 is 29.7 Å². The Kier molecular flexibility index (Phi) is 5.48. The molecule has 1 heterocycles. The third-order valence-corrected chi connectivity index (χ3v) is 4.69. The maximum absolute atomic E-state index is 12.1. The van der Waals surface area contributed by atoms with Crippen LogP contribution in [0.2, 0.25) is 0 Å². The van der Waals surface area contributed by atoms with E-state index in [2.05, 4.69) is 5.32 Å². The number of carbonyl (C=O) groups is 3. The summed E-state index contributed by atoms with van der Waals surface area (Å²) in [5.41, 5.74) is 1.07. The van der Waals surface area contributed by atoms with Crippen LogP contribution in [0.3, 0.4) is 0 Å². The molecule has 0 spiro atoms. The van der Waals surface area contributed by atoms with Crippen LogP contribution < -0.4 is 5.32 Å². The quantitative estimate of drug-likeness (QED) is 0.815. The van der Waals surface area contributed by atoms with Crippen molar-refractivity contribution in [1.82, 2.24) is 0 Å². The number of esters is 1. The third-order valence-electron chi connectivity index (χ3n) is 3.56. The summed E-state index contributed by atoms with van der Waals surface area (Å²) in [7, 11) is 1.27. The van der Waals surface area contributed by atoms with Gasteiger partial charge < -0.3 is 15.2 Å². The first kappa shape index (κ1) is 17.2. The van der Waals surface area contributed by atoms with Crippen LogP contribution >= 0.6 is 11.3 Å². The largest absolute Gasteiger partial charge is 0.481 e. The second-order valence-corrected chi connectivity index (χ2v) is 6.11. The first-order valence-electron chi connectivity index (χ1n) is 6.42. The van der Waals surface area contributed by atoms with Crippen LogP contribution in [-0.4, -0.2) is 30.1 Å². The van der Waals surface area contributed by atoms with E-state index in [0.717, 1.165) is 10.4 Å². The highest BCUT2D eigenvalue weighted by Crippen LogP contribution is 2.33. The van der Waals surface area contributed by atoms with Gasteiger partial charge in [-0.2, -0.15) is 0 Å². The van der Waals surface area contributed by atoms with Crippen molar-refractivity contribution in [3.8, 4) is 0 Å². The SMILES string of the molecule is COC(=O)c1c(NC(=O)C(C)C(C)C(=O)O)sc(C)c1C. The van der Waals surface area contributed by atoms with Crippen LogP contribution in [0.1, 0.15) is 34.6 Å². The van der Waals surface area contributed by atoms with Gasteiger partial charge in [0.2, 0.25) is 5.91 Å². The fourth-order valence-electron chi connectivity index (χ4n) is 1.73. The summed E-state index contributed by atoms with van der Waals surface area (Å²) in [6.45, 7) is 6.63. The van der Waals surface area contributed by atoms with Crippen LogP contribution in [0.5, 0.6) is 0 Å². The number of methoxy groups -OCH3 is 1. The number of ether oxygens (including phenoxy) is 1. The lowest BCUT2D eigenvalue weighted by Crippen LogP contribution is -2.30. The molecular weight excluding hydrogens is 294 g/mol. The van der Waals surface area contributed by atoms with Gasteiger partial charge in [0.1, 0.15) is 5.00 Å². The number of aliphatic carboxylic acids is 1. The Hall–Kier alpha value is -1.89. The number of carbonyl (C=O) groups excluding carboxylic acids is 2. The molecule has 0 saturated carbocycles. The molecule has 1 aromatic heterocycles. The molecule has 0 aliphatic carbocycles. The number of rotatable bonds is 5. The van der Waals surface area contributed by atoms with E-state index in [-0.39, 0.29) is 0 Å². The second-order valence-electron chi connectivity index (χ2n) is 4.88. The fourth-order valence-corrected chi connectivity index (χ4v) is 2.78. The molecule has 2 unspecified atom stereocenters.